The number of H-pyrrole nitrogens is 1. The van der Waals surface area contributed by atoms with Gasteiger partial charge in [-0.1, -0.05) is 25.1 Å². The van der Waals surface area contributed by atoms with Crippen molar-refractivity contribution in [2.75, 3.05) is 6.54 Å². The van der Waals surface area contributed by atoms with Crippen molar-refractivity contribution >= 4 is 16.8 Å². The summed E-state index contributed by atoms with van der Waals surface area (Å²) in [5.41, 5.74) is 1.81. The minimum absolute atomic E-state index is 0.0909. The molecule has 5 heteroatoms. The van der Waals surface area contributed by atoms with Gasteiger partial charge in [-0.3, -0.25) is 14.6 Å². The SMILES string of the molecule is CCCN(Cc1cc2ccccc2[nH]c1=O)C(=O)c1ccncc1. The van der Waals surface area contributed by atoms with E-state index in [0.717, 1.165) is 17.3 Å². The van der Waals surface area contributed by atoms with Crippen molar-refractivity contribution in [1.82, 2.24) is 14.9 Å². The second-order valence-electron chi connectivity index (χ2n) is 5.67. The number of para-hydroxylation sites is 1. The number of amides is 1. The lowest BCUT2D eigenvalue weighted by Gasteiger charge is -2.22. The summed E-state index contributed by atoms with van der Waals surface area (Å²) >= 11 is 0. The third-order valence-corrected chi connectivity index (χ3v) is 3.90. The standard InChI is InChI=1S/C19H19N3O2/c1-2-11-22(19(24)14-7-9-20-10-8-14)13-16-12-15-5-3-4-6-17(15)21-18(16)23/h3-10,12H,2,11,13H2,1H3,(H,21,23). The number of aromatic nitrogens is 2. The zero-order valence-electron chi connectivity index (χ0n) is 13.5. The van der Waals surface area contributed by atoms with E-state index in [1.165, 1.54) is 0 Å². The van der Waals surface area contributed by atoms with Gasteiger partial charge in [0, 0.05) is 35.6 Å². The second kappa shape index (κ2) is 7.08. The van der Waals surface area contributed by atoms with E-state index in [-0.39, 0.29) is 18.0 Å². The van der Waals surface area contributed by atoms with Gasteiger partial charge in [0.2, 0.25) is 0 Å². The molecule has 2 heterocycles. The third kappa shape index (κ3) is 3.35. The van der Waals surface area contributed by atoms with Gasteiger partial charge in [0.15, 0.2) is 0 Å². The lowest BCUT2D eigenvalue weighted by molar-refractivity contribution is 0.0742. The summed E-state index contributed by atoms with van der Waals surface area (Å²) < 4.78 is 0. The summed E-state index contributed by atoms with van der Waals surface area (Å²) in [5, 5.41) is 0.958. The van der Waals surface area contributed by atoms with Crippen molar-refractivity contribution in [3.05, 3.63) is 76.3 Å². The average Bonchev–Trinajstić information content (AvgIpc) is 2.62. The molecule has 3 aromatic rings. The van der Waals surface area contributed by atoms with Crippen molar-refractivity contribution in [1.29, 1.82) is 0 Å². The van der Waals surface area contributed by atoms with Crippen molar-refractivity contribution < 1.29 is 4.79 Å². The first-order valence-electron chi connectivity index (χ1n) is 7.99. The van der Waals surface area contributed by atoms with Crippen LogP contribution in [0.25, 0.3) is 10.9 Å². The summed E-state index contributed by atoms with van der Waals surface area (Å²) in [6, 6.07) is 12.9. The van der Waals surface area contributed by atoms with Gasteiger partial charge in [-0.25, -0.2) is 0 Å². The van der Waals surface area contributed by atoms with E-state index in [1.54, 1.807) is 29.4 Å². The van der Waals surface area contributed by atoms with E-state index in [1.807, 2.05) is 37.3 Å². The van der Waals surface area contributed by atoms with Crippen LogP contribution in [0.15, 0.2) is 59.7 Å². The molecule has 0 aliphatic heterocycles. The van der Waals surface area contributed by atoms with Crippen molar-refractivity contribution in [2.24, 2.45) is 0 Å². The lowest BCUT2D eigenvalue weighted by Crippen LogP contribution is -2.33. The first-order chi connectivity index (χ1) is 11.7. The Morgan fingerprint density at radius 1 is 1.17 bits per heavy atom. The number of benzene rings is 1. The molecule has 0 atom stereocenters. The number of fused-ring (bicyclic) bond motifs is 1. The summed E-state index contributed by atoms with van der Waals surface area (Å²) in [6.45, 7) is 2.89. The van der Waals surface area contributed by atoms with Gasteiger partial charge < -0.3 is 9.88 Å². The van der Waals surface area contributed by atoms with E-state index < -0.39 is 0 Å². The molecule has 24 heavy (non-hydrogen) atoms. The molecule has 1 amide bonds. The number of aromatic amines is 1. The normalized spacial score (nSPS) is 10.7. The fourth-order valence-corrected chi connectivity index (χ4v) is 2.72. The molecule has 1 N–H and O–H groups in total. The number of carbonyl (C=O) groups is 1. The third-order valence-electron chi connectivity index (χ3n) is 3.90. The zero-order valence-corrected chi connectivity index (χ0v) is 13.5. The van der Waals surface area contributed by atoms with E-state index >= 15 is 0 Å². The Morgan fingerprint density at radius 2 is 1.92 bits per heavy atom. The molecule has 0 aliphatic rings. The lowest BCUT2D eigenvalue weighted by atomic mass is 10.1. The molecule has 3 rings (SSSR count). The number of rotatable bonds is 5. The molecule has 0 saturated heterocycles. The largest absolute Gasteiger partial charge is 0.334 e. The van der Waals surface area contributed by atoms with Crippen LogP contribution in [0.5, 0.6) is 0 Å². The number of pyridine rings is 2. The van der Waals surface area contributed by atoms with Crippen molar-refractivity contribution in [3.8, 4) is 0 Å². The van der Waals surface area contributed by atoms with E-state index in [2.05, 4.69) is 9.97 Å². The van der Waals surface area contributed by atoms with E-state index in [0.29, 0.717) is 17.7 Å². The van der Waals surface area contributed by atoms with Crippen LogP contribution in [0.4, 0.5) is 0 Å². The van der Waals surface area contributed by atoms with Crippen molar-refractivity contribution in [2.45, 2.75) is 19.9 Å². The molecule has 0 aliphatic carbocycles. The topological polar surface area (TPSA) is 66.1 Å². The molecule has 0 saturated carbocycles. The van der Waals surface area contributed by atoms with Gasteiger partial charge in [0.25, 0.3) is 11.5 Å². The Bertz CT molecular complexity index is 903. The van der Waals surface area contributed by atoms with E-state index in [4.69, 9.17) is 0 Å². The van der Waals surface area contributed by atoms with Gasteiger partial charge in [-0.05, 0) is 36.1 Å². The Morgan fingerprint density at radius 3 is 2.67 bits per heavy atom. The summed E-state index contributed by atoms with van der Waals surface area (Å²) in [7, 11) is 0. The van der Waals surface area contributed by atoms with Crippen LogP contribution in [0, 0.1) is 0 Å². The molecule has 0 bridgehead atoms. The van der Waals surface area contributed by atoms with Crippen molar-refractivity contribution in [3.63, 3.8) is 0 Å². The average molecular weight is 321 g/mol. The number of carbonyl (C=O) groups excluding carboxylic acids is 1. The molecule has 122 valence electrons. The summed E-state index contributed by atoms with van der Waals surface area (Å²) in [6.07, 6.45) is 4.02. The number of nitrogens with one attached hydrogen (secondary N) is 1. The maximum atomic E-state index is 12.7. The summed E-state index contributed by atoms with van der Waals surface area (Å²) in [4.78, 5) is 33.6. The van der Waals surface area contributed by atoms with Gasteiger partial charge in [0.1, 0.15) is 0 Å². The maximum Gasteiger partial charge on any atom is 0.254 e. The molecule has 0 unspecified atom stereocenters. The highest BCUT2D eigenvalue weighted by Crippen LogP contribution is 2.13. The maximum absolute atomic E-state index is 12.7. The Hall–Kier alpha value is -2.95. The molecule has 5 nitrogen and oxygen atoms in total. The Kier molecular flexibility index (Phi) is 4.70. The highest BCUT2D eigenvalue weighted by Gasteiger charge is 2.17. The minimum atomic E-state index is -0.155. The van der Waals surface area contributed by atoms with Gasteiger partial charge in [0.05, 0.1) is 6.54 Å². The molecule has 0 fully saturated rings. The number of hydrogen-bond acceptors (Lipinski definition) is 3. The van der Waals surface area contributed by atoms with Crippen LogP contribution in [0.3, 0.4) is 0 Å². The summed E-state index contributed by atoms with van der Waals surface area (Å²) in [5.74, 6) is -0.0909. The predicted octanol–water partition coefficient (Wildman–Crippen LogP) is 2.98. The molecule has 1 aromatic carbocycles. The molecular weight excluding hydrogens is 302 g/mol. The van der Waals surface area contributed by atoms with Gasteiger partial charge in [-0.15, -0.1) is 0 Å². The molecular formula is C19H19N3O2. The minimum Gasteiger partial charge on any atom is -0.334 e. The van der Waals surface area contributed by atoms with Crippen LogP contribution in [0.2, 0.25) is 0 Å². The molecule has 0 radical (unpaired) electrons. The van der Waals surface area contributed by atoms with Crippen LogP contribution in [0.1, 0.15) is 29.3 Å². The highest BCUT2D eigenvalue weighted by molar-refractivity contribution is 5.94. The molecule has 0 spiro atoms. The Balaban J connectivity index is 1.92. The van der Waals surface area contributed by atoms with Crippen LogP contribution in [-0.2, 0) is 6.54 Å². The quantitative estimate of drug-likeness (QED) is 0.785. The van der Waals surface area contributed by atoms with Gasteiger partial charge >= 0.3 is 0 Å². The Labute approximate surface area is 140 Å². The van der Waals surface area contributed by atoms with Crippen LogP contribution < -0.4 is 5.56 Å². The zero-order chi connectivity index (χ0) is 16.9. The monoisotopic (exact) mass is 321 g/mol. The van der Waals surface area contributed by atoms with Crippen LogP contribution in [-0.4, -0.2) is 27.3 Å². The second-order valence-corrected chi connectivity index (χ2v) is 5.67. The predicted molar refractivity (Wildman–Crippen MR) is 93.8 cm³/mol. The smallest absolute Gasteiger partial charge is 0.254 e. The fourth-order valence-electron chi connectivity index (χ4n) is 2.72. The highest BCUT2D eigenvalue weighted by atomic mass is 16.2. The molecule has 2 aromatic heterocycles. The number of nitrogens with zero attached hydrogens (tertiary/aromatic N) is 2. The fraction of sp³-hybridized carbons (Fsp3) is 0.211. The number of hydrogen-bond donors (Lipinski definition) is 1. The first-order valence-corrected chi connectivity index (χ1v) is 7.99. The van der Waals surface area contributed by atoms with Crippen LogP contribution >= 0.6 is 0 Å². The van der Waals surface area contributed by atoms with Gasteiger partial charge in [-0.2, -0.15) is 0 Å². The van der Waals surface area contributed by atoms with E-state index in [9.17, 15) is 9.59 Å². The first kappa shape index (κ1) is 15.9.